The molecule has 0 amide bonds. The van der Waals surface area contributed by atoms with E-state index in [-0.39, 0.29) is 11.7 Å². The van der Waals surface area contributed by atoms with Gasteiger partial charge in [0.15, 0.2) is 0 Å². The molecule has 1 aliphatic carbocycles. The first-order chi connectivity index (χ1) is 6.57. The van der Waals surface area contributed by atoms with Crippen molar-refractivity contribution >= 4 is 23.6 Å². The molecule has 1 rings (SSSR count). The zero-order valence-electron chi connectivity index (χ0n) is 7.99. The summed E-state index contributed by atoms with van der Waals surface area (Å²) in [5.74, 6) is -2.54. The van der Waals surface area contributed by atoms with Crippen molar-refractivity contribution < 1.29 is 19.2 Å². The zero-order chi connectivity index (χ0) is 10.7. The Hall–Kier alpha value is -1.32. The molecule has 0 spiro atoms. The molecule has 0 aliphatic heterocycles. The molecule has 1 unspecified atom stereocenters. The lowest BCUT2D eigenvalue weighted by molar-refractivity contribution is -0.143. The van der Waals surface area contributed by atoms with Gasteiger partial charge in [-0.1, -0.05) is 0 Å². The molecule has 0 N–H and O–H groups in total. The fraction of sp³-hybridized carbons (Fsp3) is 0.600. The Labute approximate surface area is 81.7 Å². The Morgan fingerprint density at radius 1 is 1.36 bits per heavy atom. The van der Waals surface area contributed by atoms with Crippen LogP contribution in [0, 0.1) is 11.8 Å². The van der Waals surface area contributed by atoms with Gasteiger partial charge in [-0.3, -0.25) is 14.4 Å². The van der Waals surface area contributed by atoms with Crippen LogP contribution in [0.4, 0.5) is 0 Å². The maximum atomic E-state index is 11.4. The van der Waals surface area contributed by atoms with Gasteiger partial charge >= 0.3 is 0 Å². The minimum atomic E-state index is -0.866. The van der Waals surface area contributed by atoms with Gasteiger partial charge in [-0.15, -0.1) is 0 Å². The van der Waals surface area contributed by atoms with Crippen LogP contribution in [-0.2, 0) is 19.2 Å². The number of ketones is 3. The molecule has 76 valence electrons. The summed E-state index contributed by atoms with van der Waals surface area (Å²) in [5.41, 5.74) is 0. The molecule has 1 aliphatic rings. The monoisotopic (exact) mass is 196 g/mol. The van der Waals surface area contributed by atoms with E-state index in [2.05, 4.69) is 0 Å². The summed E-state index contributed by atoms with van der Waals surface area (Å²) in [5, 5.41) is 0. The van der Waals surface area contributed by atoms with Gasteiger partial charge in [-0.2, -0.15) is 0 Å². The Bertz CT molecular complexity index is 288. The predicted molar refractivity (Wildman–Crippen MR) is 47.6 cm³/mol. The third-order valence-corrected chi connectivity index (χ3v) is 2.34. The summed E-state index contributed by atoms with van der Waals surface area (Å²) in [6.45, 7) is 1.44. The van der Waals surface area contributed by atoms with Crippen LogP contribution in [0.2, 0.25) is 0 Å². The fourth-order valence-electron chi connectivity index (χ4n) is 1.27. The quantitative estimate of drug-likeness (QED) is 0.349. The Morgan fingerprint density at radius 2 is 1.93 bits per heavy atom. The van der Waals surface area contributed by atoms with Gasteiger partial charge in [-0.25, -0.2) is 0 Å². The van der Waals surface area contributed by atoms with Crippen LogP contribution >= 0.6 is 0 Å². The van der Waals surface area contributed by atoms with Crippen molar-refractivity contribution in [2.45, 2.75) is 26.2 Å². The molecule has 0 bridgehead atoms. The Balaban J connectivity index is 2.54. The van der Waals surface area contributed by atoms with Crippen LogP contribution in [0.25, 0.3) is 0 Å². The third-order valence-electron chi connectivity index (χ3n) is 2.34. The smallest absolute Gasteiger partial charge is 0.208 e. The number of hydrogen-bond donors (Lipinski definition) is 0. The molecular weight excluding hydrogens is 184 g/mol. The summed E-state index contributed by atoms with van der Waals surface area (Å²) < 4.78 is 0. The highest BCUT2D eigenvalue weighted by molar-refractivity contribution is 6.43. The summed E-state index contributed by atoms with van der Waals surface area (Å²) in [6, 6.07) is 0. The summed E-state index contributed by atoms with van der Waals surface area (Å²) in [4.78, 5) is 43.7. The van der Waals surface area contributed by atoms with E-state index in [1.807, 2.05) is 0 Å². The number of hydrogen-bond acceptors (Lipinski definition) is 4. The number of Topliss-reactive ketones (excluding diaryl/α,β-unsaturated/α-hetero) is 3. The highest BCUT2D eigenvalue weighted by Crippen LogP contribution is 2.32. The van der Waals surface area contributed by atoms with Crippen molar-refractivity contribution in [1.82, 2.24) is 0 Å². The Morgan fingerprint density at radius 3 is 2.36 bits per heavy atom. The second-order valence-corrected chi connectivity index (χ2v) is 3.56. The van der Waals surface area contributed by atoms with Gasteiger partial charge < -0.3 is 4.79 Å². The molecule has 4 nitrogen and oxygen atoms in total. The largest absolute Gasteiger partial charge is 0.303 e. The highest BCUT2D eigenvalue weighted by atomic mass is 16.2. The van der Waals surface area contributed by atoms with Crippen LogP contribution in [0.1, 0.15) is 26.2 Å². The van der Waals surface area contributed by atoms with E-state index >= 15 is 0 Å². The standard InChI is InChI=1S/C10H12O4/c1-6(9(13)7-2-3-7)10(14)8(12)4-5-11/h5-7H,2-4H2,1H3. The highest BCUT2D eigenvalue weighted by Gasteiger charge is 2.37. The lowest BCUT2D eigenvalue weighted by Crippen LogP contribution is -2.29. The minimum Gasteiger partial charge on any atom is -0.303 e. The average Bonchev–Trinajstić information content (AvgIpc) is 2.98. The number of aldehydes is 1. The number of carbonyl (C=O) groups excluding carboxylic acids is 4. The molecule has 0 aromatic heterocycles. The van der Waals surface area contributed by atoms with E-state index in [9.17, 15) is 19.2 Å². The lowest BCUT2D eigenvalue weighted by atomic mass is 9.94. The summed E-state index contributed by atoms with van der Waals surface area (Å²) in [7, 11) is 0. The van der Waals surface area contributed by atoms with Gasteiger partial charge in [-0.05, 0) is 19.8 Å². The molecular formula is C10H12O4. The van der Waals surface area contributed by atoms with Crippen molar-refractivity contribution in [3.8, 4) is 0 Å². The third kappa shape index (κ3) is 2.34. The molecule has 0 radical (unpaired) electrons. The van der Waals surface area contributed by atoms with E-state index in [0.717, 1.165) is 12.8 Å². The zero-order valence-corrected chi connectivity index (χ0v) is 7.99. The minimum absolute atomic E-state index is 0.0296. The molecule has 1 atom stereocenters. The van der Waals surface area contributed by atoms with Gasteiger partial charge in [0.05, 0.1) is 12.3 Å². The van der Waals surface area contributed by atoms with Gasteiger partial charge in [0.25, 0.3) is 0 Å². The molecule has 0 saturated heterocycles. The molecule has 1 fully saturated rings. The normalized spacial score (nSPS) is 17.2. The second kappa shape index (κ2) is 4.26. The lowest BCUT2D eigenvalue weighted by Gasteiger charge is -2.05. The first kappa shape index (κ1) is 10.8. The first-order valence-corrected chi connectivity index (χ1v) is 4.62. The van der Waals surface area contributed by atoms with E-state index in [1.165, 1.54) is 6.92 Å². The SMILES string of the molecule is CC(C(=O)C(=O)CC=O)C(=O)C1CC1. The van der Waals surface area contributed by atoms with E-state index < -0.39 is 23.9 Å². The summed E-state index contributed by atoms with van der Waals surface area (Å²) >= 11 is 0. The summed E-state index contributed by atoms with van der Waals surface area (Å²) in [6.07, 6.45) is 1.60. The molecule has 14 heavy (non-hydrogen) atoms. The van der Waals surface area contributed by atoms with Crippen LogP contribution < -0.4 is 0 Å². The van der Waals surface area contributed by atoms with Crippen molar-refractivity contribution in [3.05, 3.63) is 0 Å². The van der Waals surface area contributed by atoms with Crippen molar-refractivity contribution in [3.63, 3.8) is 0 Å². The number of rotatable bonds is 6. The molecule has 0 heterocycles. The van der Waals surface area contributed by atoms with E-state index in [1.54, 1.807) is 0 Å². The first-order valence-electron chi connectivity index (χ1n) is 4.62. The van der Waals surface area contributed by atoms with Gasteiger partial charge in [0.1, 0.15) is 12.1 Å². The Kier molecular flexibility index (Phi) is 3.28. The predicted octanol–water partition coefficient (Wildman–Crippen LogP) is 0.329. The van der Waals surface area contributed by atoms with Crippen LogP contribution in [0.3, 0.4) is 0 Å². The van der Waals surface area contributed by atoms with E-state index in [4.69, 9.17) is 0 Å². The van der Waals surface area contributed by atoms with Gasteiger partial charge in [0, 0.05) is 5.92 Å². The van der Waals surface area contributed by atoms with Gasteiger partial charge in [0.2, 0.25) is 11.6 Å². The molecule has 1 saturated carbocycles. The maximum Gasteiger partial charge on any atom is 0.208 e. The van der Waals surface area contributed by atoms with E-state index in [0.29, 0.717) is 6.29 Å². The van der Waals surface area contributed by atoms with Crippen molar-refractivity contribution in [2.24, 2.45) is 11.8 Å². The van der Waals surface area contributed by atoms with Crippen LogP contribution in [0.15, 0.2) is 0 Å². The van der Waals surface area contributed by atoms with Crippen LogP contribution in [0.5, 0.6) is 0 Å². The molecule has 4 heteroatoms. The van der Waals surface area contributed by atoms with Crippen molar-refractivity contribution in [2.75, 3.05) is 0 Å². The number of carbonyl (C=O) groups is 4. The topological polar surface area (TPSA) is 68.3 Å². The maximum absolute atomic E-state index is 11.4. The van der Waals surface area contributed by atoms with Crippen molar-refractivity contribution in [1.29, 1.82) is 0 Å². The average molecular weight is 196 g/mol. The fourth-order valence-corrected chi connectivity index (χ4v) is 1.27. The van der Waals surface area contributed by atoms with Crippen LogP contribution in [-0.4, -0.2) is 23.6 Å². The molecule has 0 aromatic rings. The molecule has 0 aromatic carbocycles. The second-order valence-electron chi connectivity index (χ2n) is 3.56.